The number of carbonyl (C=O) groups is 2. The lowest BCUT2D eigenvalue weighted by Crippen LogP contribution is -2.40. The Morgan fingerprint density at radius 3 is 2.48 bits per heavy atom. The highest BCUT2D eigenvalue weighted by Gasteiger charge is 2.16. The molecule has 0 aromatic carbocycles. The van der Waals surface area contributed by atoms with Crippen molar-refractivity contribution in [2.45, 2.75) is 52.1 Å². The molecule has 2 amide bonds. The van der Waals surface area contributed by atoms with Gasteiger partial charge in [-0.05, 0) is 52.4 Å². The molecule has 0 bridgehead atoms. The second-order valence-corrected chi connectivity index (χ2v) is 6.40. The van der Waals surface area contributed by atoms with Crippen molar-refractivity contribution in [2.75, 3.05) is 26.3 Å². The molecule has 0 atom stereocenters. The van der Waals surface area contributed by atoms with E-state index in [0.29, 0.717) is 6.54 Å². The molecule has 0 aliphatic carbocycles. The van der Waals surface area contributed by atoms with Crippen molar-refractivity contribution in [3.63, 3.8) is 0 Å². The SMILES string of the molecule is CC(C)(C)OC(=O)NCC(=O)NCCCC1CCOCC1. The van der Waals surface area contributed by atoms with E-state index in [1.165, 1.54) is 0 Å². The van der Waals surface area contributed by atoms with Gasteiger partial charge in [0.15, 0.2) is 0 Å². The molecule has 21 heavy (non-hydrogen) atoms. The number of amides is 2. The number of hydrogen-bond donors (Lipinski definition) is 2. The minimum Gasteiger partial charge on any atom is -0.444 e. The number of carbonyl (C=O) groups excluding carboxylic acids is 2. The van der Waals surface area contributed by atoms with Gasteiger partial charge in [0.25, 0.3) is 0 Å². The fourth-order valence-corrected chi connectivity index (χ4v) is 2.18. The second kappa shape index (κ2) is 8.87. The maximum atomic E-state index is 11.6. The molecular weight excluding hydrogens is 272 g/mol. The zero-order chi connectivity index (χ0) is 15.7. The van der Waals surface area contributed by atoms with Crippen LogP contribution in [0.1, 0.15) is 46.5 Å². The first-order valence-corrected chi connectivity index (χ1v) is 7.68. The molecule has 6 nitrogen and oxygen atoms in total. The Labute approximate surface area is 126 Å². The third-order valence-corrected chi connectivity index (χ3v) is 3.24. The molecule has 1 aliphatic heterocycles. The van der Waals surface area contributed by atoms with Crippen LogP contribution >= 0.6 is 0 Å². The van der Waals surface area contributed by atoms with Crippen molar-refractivity contribution >= 4 is 12.0 Å². The standard InChI is InChI=1S/C15H28N2O4/c1-15(2,3)21-14(19)17-11-13(18)16-8-4-5-12-6-9-20-10-7-12/h12H,4-11H2,1-3H3,(H,16,18)(H,17,19). The summed E-state index contributed by atoms with van der Waals surface area (Å²) in [5, 5.41) is 5.24. The Bertz CT molecular complexity index is 333. The van der Waals surface area contributed by atoms with E-state index in [4.69, 9.17) is 9.47 Å². The maximum Gasteiger partial charge on any atom is 0.408 e. The molecule has 0 unspecified atom stereocenters. The molecule has 6 heteroatoms. The van der Waals surface area contributed by atoms with Crippen LogP contribution in [0, 0.1) is 5.92 Å². The van der Waals surface area contributed by atoms with E-state index in [9.17, 15) is 9.59 Å². The van der Waals surface area contributed by atoms with Gasteiger partial charge >= 0.3 is 6.09 Å². The average Bonchev–Trinajstić information content (AvgIpc) is 2.41. The fraction of sp³-hybridized carbons (Fsp3) is 0.867. The summed E-state index contributed by atoms with van der Waals surface area (Å²) in [5.74, 6) is 0.531. The zero-order valence-electron chi connectivity index (χ0n) is 13.4. The van der Waals surface area contributed by atoms with Crippen molar-refractivity contribution in [1.29, 1.82) is 0 Å². The zero-order valence-corrected chi connectivity index (χ0v) is 13.4. The monoisotopic (exact) mass is 300 g/mol. The predicted molar refractivity (Wildman–Crippen MR) is 80.0 cm³/mol. The number of rotatable bonds is 6. The van der Waals surface area contributed by atoms with Crippen molar-refractivity contribution < 1.29 is 19.1 Å². The van der Waals surface area contributed by atoms with Gasteiger partial charge in [-0.15, -0.1) is 0 Å². The van der Waals surface area contributed by atoms with Crippen LogP contribution in [0.3, 0.4) is 0 Å². The Morgan fingerprint density at radius 1 is 1.19 bits per heavy atom. The minimum atomic E-state index is -0.570. The van der Waals surface area contributed by atoms with Gasteiger partial charge in [0.05, 0.1) is 6.54 Å². The van der Waals surface area contributed by atoms with Gasteiger partial charge in [0, 0.05) is 19.8 Å². The summed E-state index contributed by atoms with van der Waals surface area (Å²) >= 11 is 0. The topological polar surface area (TPSA) is 76.7 Å². The lowest BCUT2D eigenvalue weighted by Gasteiger charge is -2.21. The Morgan fingerprint density at radius 2 is 1.86 bits per heavy atom. The van der Waals surface area contributed by atoms with E-state index in [1.54, 1.807) is 20.8 Å². The Hall–Kier alpha value is -1.30. The summed E-state index contributed by atoms with van der Waals surface area (Å²) in [5.41, 5.74) is -0.551. The molecule has 0 aromatic rings. The number of alkyl carbamates (subject to hydrolysis) is 1. The van der Waals surface area contributed by atoms with Crippen LogP contribution in [0.4, 0.5) is 4.79 Å². The van der Waals surface area contributed by atoms with Crippen molar-refractivity contribution in [3.05, 3.63) is 0 Å². The van der Waals surface area contributed by atoms with Gasteiger partial charge in [-0.2, -0.15) is 0 Å². The first-order valence-electron chi connectivity index (χ1n) is 7.68. The second-order valence-electron chi connectivity index (χ2n) is 6.40. The lowest BCUT2D eigenvalue weighted by atomic mass is 9.95. The molecule has 0 spiro atoms. The third kappa shape index (κ3) is 9.28. The van der Waals surface area contributed by atoms with Gasteiger partial charge in [0.2, 0.25) is 5.91 Å². The minimum absolute atomic E-state index is 0.0494. The van der Waals surface area contributed by atoms with Crippen molar-refractivity contribution in [1.82, 2.24) is 10.6 Å². The van der Waals surface area contributed by atoms with Gasteiger partial charge in [-0.25, -0.2) is 4.79 Å². The molecule has 2 N–H and O–H groups in total. The Balaban J connectivity index is 2.02. The molecule has 0 radical (unpaired) electrons. The molecule has 1 rings (SSSR count). The highest BCUT2D eigenvalue weighted by atomic mass is 16.6. The summed E-state index contributed by atoms with van der Waals surface area (Å²) in [6.45, 7) is 7.65. The summed E-state index contributed by atoms with van der Waals surface area (Å²) in [6, 6.07) is 0. The summed E-state index contributed by atoms with van der Waals surface area (Å²) in [4.78, 5) is 22.9. The Kier molecular flexibility index (Phi) is 7.50. The van der Waals surface area contributed by atoms with Crippen LogP contribution in [0.2, 0.25) is 0 Å². The molecular formula is C15H28N2O4. The maximum absolute atomic E-state index is 11.6. The van der Waals surface area contributed by atoms with E-state index in [1.807, 2.05) is 0 Å². The van der Waals surface area contributed by atoms with Crippen LogP contribution < -0.4 is 10.6 Å². The van der Waals surface area contributed by atoms with Gasteiger partial charge in [0.1, 0.15) is 5.60 Å². The van der Waals surface area contributed by atoms with Gasteiger partial charge in [-0.1, -0.05) is 0 Å². The van der Waals surface area contributed by atoms with Crippen LogP contribution in [-0.4, -0.2) is 43.9 Å². The number of hydrogen-bond acceptors (Lipinski definition) is 4. The molecule has 1 aliphatic rings. The molecule has 1 saturated heterocycles. The molecule has 0 aromatic heterocycles. The summed E-state index contributed by atoms with van der Waals surface area (Å²) < 4.78 is 10.4. The molecule has 1 heterocycles. The van der Waals surface area contributed by atoms with E-state index < -0.39 is 11.7 Å². The third-order valence-electron chi connectivity index (χ3n) is 3.24. The normalized spacial score (nSPS) is 16.3. The average molecular weight is 300 g/mol. The van der Waals surface area contributed by atoms with E-state index in [-0.39, 0.29) is 12.5 Å². The summed E-state index contributed by atoms with van der Waals surface area (Å²) in [6.07, 6.45) is 3.74. The molecule has 122 valence electrons. The van der Waals surface area contributed by atoms with Crippen LogP contribution in [0.15, 0.2) is 0 Å². The highest BCUT2D eigenvalue weighted by Crippen LogP contribution is 2.19. The van der Waals surface area contributed by atoms with Crippen molar-refractivity contribution in [3.8, 4) is 0 Å². The van der Waals surface area contributed by atoms with E-state index >= 15 is 0 Å². The van der Waals surface area contributed by atoms with Gasteiger partial charge in [-0.3, -0.25) is 4.79 Å². The molecule has 1 fully saturated rings. The predicted octanol–water partition coefficient (Wildman–Crippen LogP) is 1.83. The van der Waals surface area contributed by atoms with Crippen LogP contribution in [0.5, 0.6) is 0 Å². The quantitative estimate of drug-likeness (QED) is 0.734. The van der Waals surface area contributed by atoms with E-state index in [2.05, 4.69) is 10.6 Å². The summed E-state index contributed by atoms with van der Waals surface area (Å²) in [7, 11) is 0. The molecule has 0 saturated carbocycles. The lowest BCUT2D eigenvalue weighted by molar-refractivity contribution is -0.120. The van der Waals surface area contributed by atoms with Gasteiger partial charge < -0.3 is 20.1 Å². The highest BCUT2D eigenvalue weighted by molar-refractivity contribution is 5.82. The van der Waals surface area contributed by atoms with Crippen molar-refractivity contribution in [2.24, 2.45) is 5.92 Å². The fourth-order valence-electron chi connectivity index (χ4n) is 2.18. The first-order chi connectivity index (χ1) is 9.87. The largest absolute Gasteiger partial charge is 0.444 e. The van der Waals surface area contributed by atoms with Crippen LogP contribution in [-0.2, 0) is 14.3 Å². The van der Waals surface area contributed by atoms with E-state index in [0.717, 1.165) is 44.8 Å². The number of nitrogens with one attached hydrogen (secondary N) is 2. The number of ether oxygens (including phenoxy) is 2. The van der Waals surface area contributed by atoms with Crippen LogP contribution in [0.25, 0.3) is 0 Å². The smallest absolute Gasteiger partial charge is 0.408 e. The first kappa shape index (κ1) is 17.8.